The van der Waals surface area contributed by atoms with Gasteiger partial charge in [-0.3, -0.25) is 14.5 Å². The first-order valence-corrected chi connectivity index (χ1v) is 10.0. The average Bonchev–Trinajstić information content (AvgIpc) is 3.29. The van der Waals surface area contributed by atoms with Gasteiger partial charge in [-0.15, -0.1) is 0 Å². The molecule has 3 aromatic rings. The van der Waals surface area contributed by atoms with Gasteiger partial charge in [0, 0.05) is 5.69 Å². The third-order valence-corrected chi connectivity index (χ3v) is 5.50. The lowest BCUT2D eigenvalue weighted by Crippen LogP contribution is -2.30. The van der Waals surface area contributed by atoms with Crippen molar-refractivity contribution in [3.8, 4) is 5.75 Å². The number of halogens is 1. The lowest BCUT2D eigenvalue weighted by atomic mass is 9.98. The van der Waals surface area contributed by atoms with Crippen molar-refractivity contribution in [2.45, 2.75) is 26.8 Å². The Labute approximate surface area is 184 Å². The Morgan fingerprint density at radius 1 is 1.06 bits per heavy atom. The number of carbonyl (C=O) groups excluding carboxylic acids is 2. The van der Waals surface area contributed by atoms with E-state index >= 15 is 0 Å². The van der Waals surface area contributed by atoms with Gasteiger partial charge in [0.15, 0.2) is 0 Å². The van der Waals surface area contributed by atoms with E-state index in [-0.39, 0.29) is 16.9 Å². The second-order valence-corrected chi connectivity index (χ2v) is 7.75. The van der Waals surface area contributed by atoms with Gasteiger partial charge in [-0.1, -0.05) is 17.7 Å². The van der Waals surface area contributed by atoms with E-state index in [9.17, 15) is 19.1 Å². The first kappa shape index (κ1) is 21.4. The summed E-state index contributed by atoms with van der Waals surface area (Å²) in [6, 6.07) is 11.4. The molecule has 32 heavy (non-hydrogen) atoms. The number of hydrogen-bond donors (Lipinski definition) is 1. The molecular formula is C25H22FNO5. The predicted octanol–water partition coefficient (Wildman–Crippen LogP) is 4.98. The van der Waals surface area contributed by atoms with E-state index in [1.165, 1.54) is 24.1 Å². The zero-order chi connectivity index (χ0) is 23.2. The van der Waals surface area contributed by atoms with Gasteiger partial charge in [-0.25, -0.2) is 4.39 Å². The molecule has 2 aromatic carbocycles. The molecule has 4 rings (SSSR count). The molecular weight excluding hydrogens is 413 g/mol. The number of aryl methyl sites for hydroxylation is 3. The number of ether oxygens (including phenoxy) is 1. The summed E-state index contributed by atoms with van der Waals surface area (Å²) in [5.41, 5.74) is 2.07. The molecule has 1 fully saturated rings. The molecule has 1 aromatic heterocycles. The molecule has 6 nitrogen and oxygen atoms in total. The molecule has 1 atom stereocenters. The first-order chi connectivity index (χ1) is 15.2. The number of carbonyl (C=O) groups is 2. The van der Waals surface area contributed by atoms with Gasteiger partial charge in [0.1, 0.15) is 34.9 Å². The van der Waals surface area contributed by atoms with Crippen molar-refractivity contribution in [1.82, 2.24) is 0 Å². The second-order valence-electron chi connectivity index (χ2n) is 7.75. The zero-order valence-corrected chi connectivity index (χ0v) is 18.1. The fourth-order valence-corrected chi connectivity index (χ4v) is 4.04. The van der Waals surface area contributed by atoms with E-state index in [0.717, 1.165) is 17.2 Å². The van der Waals surface area contributed by atoms with Crippen LogP contribution in [0, 0.1) is 26.6 Å². The molecule has 1 aliphatic heterocycles. The Hall–Kier alpha value is -3.87. The van der Waals surface area contributed by atoms with Crippen LogP contribution >= 0.6 is 0 Å². The highest BCUT2D eigenvalue weighted by atomic mass is 19.1. The Balaban J connectivity index is 2.00. The number of Topliss-reactive ketones (excluding diaryl/α,β-unsaturated/α-hetero) is 1. The van der Waals surface area contributed by atoms with E-state index in [0.29, 0.717) is 17.2 Å². The number of aliphatic hydroxyl groups is 1. The van der Waals surface area contributed by atoms with Crippen LogP contribution < -0.4 is 9.64 Å². The molecule has 0 bridgehead atoms. The number of anilines is 1. The molecule has 164 valence electrons. The van der Waals surface area contributed by atoms with Gasteiger partial charge in [-0.05, 0) is 62.7 Å². The monoisotopic (exact) mass is 435 g/mol. The summed E-state index contributed by atoms with van der Waals surface area (Å²) < 4.78 is 25.0. The molecule has 0 radical (unpaired) electrons. The highest BCUT2D eigenvalue weighted by molar-refractivity contribution is 6.51. The van der Waals surface area contributed by atoms with E-state index in [4.69, 9.17) is 9.15 Å². The number of methoxy groups -OCH3 is 1. The SMILES string of the molecule is COc1ccc(F)cc1/C(O)=C1/C(=O)C(=O)N(c2ccc(C)cc2C)C1c1ccc(C)o1. The lowest BCUT2D eigenvalue weighted by Gasteiger charge is -2.25. The Kier molecular flexibility index (Phi) is 5.34. The molecule has 7 heteroatoms. The lowest BCUT2D eigenvalue weighted by molar-refractivity contribution is -0.132. The largest absolute Gasteiger partial charge is 0.507 e. The normalized spacial score (nSPS) is 17.8. The van der Waals surface area contributed by atoms with Crippen LogP contribution in [0.25, 0.3) is 5.76 Å². The Bertz CT molecular complexity index is 1270. The van der Waals surface area contributed by atoms with Crippen molar-refractivity contribution >= 4 is 23.1 Å². The topological polar surface area (TPSA) is 80.0 Å². The van der Waals surface area contributed by atoms with Crippen LogP contribution in [0.4, 0.5) is 10.1 Å². The van der Waals surface area contributed by atoms with Crippen LogP contribution in [0.2, 0.25) is 0 Å². The van der Waals surface area contributed by atoms with Crippen LogP contribution in [0.3, 0.4) is 0 Å². The molecule has 1 aliphatic rings. The van der Waals surface area contributed by atoms with Crippen molar-refractivity contribution in [3.05, 3.63) is 88.1 Å². The van der Waals surface area contributed by atoms with Gasteiger partial charge >= 0.3 is 0 Å². The van der Waals surface area contributed by atoms with Gasteiger partial charge < -0.3 is 14.3 Å². The summed E-state index contributed by atoms with van der Waals surface area (Å²) in [7, 11) is 1.37. The fourth-order valence-electron chi connectivity index (χ4n) is 4.04. The van der Waals surface area contributed by atoms with E-state index in [1.807, 2.05) is 26.0 Å². The van der Waals surface area contributed by atoms with Crippen LogP contribution in [0.15, 0.2) is 58.5 Å². The number of rotatable bonds is 4. The first-order valence-electron chi connectivity index (χ1n) is 10.0. The number of hydrogen-bond acceptors (Lipinski definition) is 5. The minimum Gasteiger partial charge on any atom is -0.507 e. The van der Waals surface area contributed by atoms with Crippen LogP contribution in [0.1, 0.15) is 34.3 Å². The second kappa shape index (κ2) is 8.00. The van der Waals surface area contributed by atoms with Crippen LogP contribution in [0.5, 0.6) is 5.75 Å². The van der Waals surface area contributed by atoms with Crippen molar-refractivity contribution in [2.24, 2.45) is 0 Å². The number of ketones is 1. The summed E-state index contributed by atoms with van der Waals surface area (Å²) in [6.07, 6.45) is 0. The van der Waals surface area contributed by atoms with E-state index in [2.05, 4.69) is 0 Å². The van der Waals surface area contributed by atoms with Gasteiger partial charge in [-0.2, -0.15) is 0 Å². The molecule has 1 N–H and O–H groups in total. The summed E-state index contributed by atoms with van der Waals surface area (Å²) in [4.78, 5) is 27.7. The highest BCUT2D eigenvalue weighted by Crippen LogP contribution is 2.44. The maximum atomic E-state index is 14.0. The van der Waals surface area contributed by atoms with E-state index < -0.39 is 29.3 Å². The smallest absolute Gasteiger partial charge is 0.300 e. The summed E-state index contributed by atoms with van der Waals surface area (Å²) in [5, 5.41) is 11.2. The van der Waals surface area contributed by atoms with Crippen molar-refractivity contribution in [1.29, 1.82) is 0 Å². The minimum absolute atomic E-state index is 0.0283. The molecule has 1 unspecified atom stereocenters. The van der Waals surface area contributed by atoms with Crippen LogP contribution in [-0.2, 0) is 9.59 Å². The van der Waals surface area contributed by atoms with Crippen molar-refractivity contribution < 1.29 is 28.2 Å². The van der Waals surface area contributed by atoms with Gasteiger partial charge in [0.25, 0.3) is 11.7 Å². The number of benzene rings is 2. The zero-order valence-electron chi connectivity index (χ0n) is 18.1. The number of furan rings is 1. The molecule has 1 saturated heterocycles. The molecule has 1 amide bonds. The third kappa shape index (κ3) is 3.45. The van der Waals surface area contributed by atoms with Crippen molar-refractivity contribution in [2.75, 3.05) is 12.0 Å². The number of aliphatic hydroxyl groups excluding tert-OH is 1. The maximum absolute atomic E-state index is 14.0. The van der Waals surface area contributed by atoms with Crippen LogP contribution in [-0.4, -0.2) is 23.9 Å². The standard InChI is InChI=1S/C25H22FNO5/c1-13-5-8-18(14(2)11-13)27-22(20-9-6-15(3)32-20)21(24(29)25(27)30)23(28)17-12-16(26)7-10-19(17)31-4/h5-12,22,28H,1-4H3/b23-21-. The maximum Gasteiger partial charge on any atom is 0.300 e. The molecule has 0 saturated carbocycles. The molecule has 0 aliphatic carbocycles. The average molecular weight is 435 g/mol. The number of nitrogens with zero attached hydrogens (tertiary/aromatic N) is 1. The minimum atomic E-state index is -1.03. The van der Waals surface area contributed by atoms with Crippen molar-refractivity contribution in [3.63, 3.8) is 0 Å². The highest BCUT2D eigenvalue weighted by Gasteiger charge is 2.49. The van der Waals surface area contributed by atoms with E-state index in [1.54, 1.807) is 25.1 Å². The quantitative estimate of drug-likeness (QED) is 0.355. The fraction of sp³-hybridized carbons (Fsp3) is 0.200. The summed E-state index contributed by atoms with van der Waals surface area (Å²) in [6.45, 7) is 5.50. The van der Waals surface area contributed by atoms with Gasteiger partial charge in [0.2, 0.25) is 0 Å². The molecule has 0 spiro atoms. The third-order valence-electron chi connectivity index (χ3n) is 5.50. The summed E-state index contributed by atoms with van der Waals surface area (Å²) >= 11 is 0. The van der Waals surface area contributed by atoms with Gasteiger partial charge in [0.05, 0.1) is 18.2 Å². The number of amides is 1. The molecule has 2 heterocycles. The Morgan fingerprint density at radius 3 is 2.44 bits per heavy atom. The summed E-state index contributed by atoms with van der Waals surface area (Å²) in [5.74, 6) is -1.82. The predicted molar refractivity (Wildman–Crippen MR) is 117 cm³/mol. The Morgan fingerprint density at radius 2 is 1.81 bits per heavy atom.